The van der Waals surface area contributed by atoms with Crippen molar-refractivity contribution in [1.29, 1.82) is 0 Å². The fraction of sp³-hybridized carbons (Fsp3) is 0.800. The van der Waals surface area contributed by atoms with E-state index in [0.717, 1.165) is 0 Å². The molecule has 0 fully saturated rings. The fourth-order valence-electron chi connectivity index (χ4n) is 0.167. The molecule has 0 aromatic rings. The summed E-state index contributed by atoms with van der Waals surface area (Å²) < 4.78 is 0. The van der Waals surface area contributed by atoms with Crippen LogP contribution < -0.4 is 5.73 Å². The van der Waals surface area contributed by atoms with Gasteiger partial charge in [-0.2, -0.15) is 0 Å². The first-order valence-electron chi connectivity index (χ1n) is 2.87. The maximum absolute atomic E-state index is 8.78. The van der Waals surface area contributed by atoms with Crippen LogP contribution in [0.25, 0.3) is 0 Å². The van der Waals surface area contributed by atoms with E-state index in [2.05, 4.69) is 19.6 Å². The normalized spacial score (nSPS) is 7.09. The molecule has 3 nitrogen and oxygen atoms in total. The molecule has 1 amide bonds. The van der Waals surface area contributed by atoms with Crippen LogP contribution in [0.2, 0.25) is 0 Å². The summed E-state index contributed by atoms with van der Waals surface area (Å²) in [5.74, 6) is 2.47. The predicted octanol–water partition coefficient (Wildman–Crippen LogP) is 1.38. The van der Waals surface area contributed by atoms with Gasteiger partial charge in [-0.1, -0.05) is 35.4 Å². The molecule has 0 rings (SSSR count). The Labute approximate surface area is 97.6 Å². The molecular weight excluding hydrogens is 193 g/mol. The molecule has 0 saturated heterocycles. The first-order valence-corrected chi connectivity index (χ1v) is 5.36. The summed E-state index contributed by atoms with van der Waals surface area (Å²) in [6, 6.07) is 0. The summed E-state index contributed by atoms with van der Waals surface area (Å²) >= 11 is 0. The molecule has 0 bridgehead atoms. The summed E-state index contributed by atoms with van der Waals surface area (Å²) in [6.07, 6.45) is -1.33. The van der Waals surface area contributed by atoms with Gasteiger partial charge in [0.2, 0.25) is 0 Å². The van der Waals surface area contributed by atoms with Crippen molar-refractivity contribution < 1.29 is 9.90 Å². The molecule has 0 saturated carbocycles. The predicted molar refractivity (Wildman–Crippen MR) is 55.6 cm³/mol. The van der Waals surface area contributed by atoms with E-state index in [1.54, 1.807) is 0 Å². The van der Waals surface area contributed by atoms with Gasteiger partial charge in [-0.25, -0.2) is 4.79 Å². The standard InChI is InChI=1S/C4H10S2.CH3NO2.Na.H/c1-3-5-6-4-2;2-1(3)4;;/h3-4H2,1-2H3;2H2,(H,3,4);;. The molecule has 64 valence electrons. The summed E-state index contributed by atoms with van der Waals surface area (Å²) in [5.41, 5.74) is 4.03. The number of hydrogen-bond acceptors (Lipinski definition) is 3. The number of amides is 1. The van der Waals surface area contributed by atoms with E-state index in [9.17, 15) is 0 Å². The first kappa shape index (κ1) is 17.9. The minimum atomic E-state index is -1.33. The second-order valence-corrected chi connectivity index (χ2v) is 4.19. The quantitative estimate of drug-likeness (QED) is 0.417. The fourth-order valence-corrected chi connectivity index (χ4v) is 1.50. The number of carboxylic acid groups (broad SMARTS) is 1. The molecular formula is C5H14NNaO2S2. The summed E-state index contributed by atoms with van der Waals surface area (Å²) in [7, 11) is 3.85. The molecule has 0 radical (unpaired) electrons. The van der Waals surface area contributed by atoms with Gasteiger partial charge in [0.05, 0.1) is 0 Å². The first-order chi connectivity index (χ1) is 4.65. The molecule has 0 aromatic carbocycles. The monoisotopic (exact) mass is 207 g/mol. The molecule has 0 aromatic heterocycles. The van der Waals surface area contributed by atoms with Crippen LogP contribution in [0.4, 0.5) is 4.79 Å². The van der Waals surface area contributed by atoms with Crippen molar-refractivity contribution in [1.82, 2.24) is 0 Å². The van der Waals surface area contributed by atoms with Crippen LogP contribution in [0, 0.1) is 0 Å². The van der Waals surface area contributed by atoms with Crippen molar-refractivity contribution in [2.45, 2.75) is 13.8 Å². The van der Waals surface area contributed by atoms with Crippen molar-refractivity contribution in [2.75, 3.05) is 11.5 Å². The van der Waals surface area contributed by atoms with E-state index in [-0.39, 0.29) is 29.6 Å². The number of hydrogen-bond donors (Lipinski definition) is 2. The molecule has 6 heteroatoms. The third kappa shape index (κ3) is 56.0. The average Bonchev–Trinajstić information content (AvgIpc) is 1.82. The Morgan fingerprint density at radius 2 is 1.55 bits per heavy atom. The van der Waals surface area contributed by atoms with E-state index in [1.807, 2.05) is 21.6 Å². The second-order valence-electron chi connectivity index (χ2n) is 1.15. The molecule has 0 aliphatic rings. The maximum atomic E-state index is 8.78. The molecule has 0 spiro atoms. The van der Waals surface area contributed by atoms with Crippen LogP contribution in [0.1, 0.15) is 13.8 Å². The average molecular weight is 207 g/mol. The van der Waals surface area contributed by atoms with Crippen LogP contribution >= 0.6 is 21.6 Å². The van der Waals surface area contributed by atoms with Gasteiger partial charge < -0.3 is 10.8 Å². The number of rotatable bonds is 3. The van der Waals surface area contributed by atoms with Gasteiger partial charge in [0.15, 0.2) is 0 Å². The van der Waals surface area contributed by atoms with Crippen LogP contribution in [-0.4, -0.2) is 52.3 Å². The van der Waals surface area contributed by atoms with Crippen LogP contribution in [0.3, 0.4) is 0 Å². The van der Waals surface area contributed by atoms with Crippen molar-refractivity contribution in [3.63, 3.8) is 0 Å². The third-order valence-electron chi connectivity index (χ3n) is 0.319. The minimum absolute atomic E-state index is 0. The zero-order chi connectivity index (χ0) is 8.41. The van der Waals surface area contributed by atoms with Gasteiger partial charge in [0.25, 0.3) is 0 Å². The van der Waals surface area contributed by atoms with E-state index in [4.69, 9.17) is 9.90 Å². The van der Waals surface area contributed by atoms with Crippen molar-refractivity contribution >= 4 is 57.2 Å². The van der Waals surface area contributed by atoms with E-state index in [1.165, 1.54) is 11.5 Å². The van der Waals surface area contributed by atoms with Crippen LogP contribution in [0.5, 0.6) is 0 Å². The number of carbonyl (C=O) groups is 1. The van der Waals surface area contributed by atoms with E-state index in [0.29, 0.717) is 0 Å². The van der Waals surface area contributed by atoms with Gasteiger partial charge in [0, 0.05) is 11.5 Å². The molecule has 11 heavy (non-hydrogen) atoms. The SMILES string of the molecule is CCSSCC.NC(=O)O.[NaH]. The van der Waals surface area contributed by atoms with Gasteiger partial charge in [-0.3, -0.25) is 0 Å². The molecule has 0 aliphatic heterocycles. The Morgan fingerprint density at radius 1 is 1.36 bits per heavy atom. The topological polar surface area (TPSA) is 63.3 Å². The van der Waals surface area contributed by atoms with Crippen molar-refractivity contribution in [2.24, 2.45) is 5.73 Å². The Morgan fingerprint density at radius 3 is 1.64 bits per heavy atom. The van der Waals surface area contributed by atoms with Gasteiger partial charge in [0.1, 0.15) is 0 Å². The zero-order valence-electron chi connectivity index (χ0n) is 6.16. The van der Waals surface area contributed by atoms with Crippen molar-refractivity contribution in [3.05, 3.63) is 0 Å². The molecule has 0 unspecified atom stereocenters. The molecule has 0 aliphatic carbocycles. The van der Waals surface area contributed by atoms with Crippen molar-refractivity contribution in [3.8, 4) is 0 Å². The molecule has 3 N–H and O–H groups in total. The van der Waals surface area contributed by atoms with E-state index < -0.39 is 6.09 Å². The Balaban J connectivity index is -0.000000114. The number of nitrogens with two attached hydrogens (primary N) is 1. The van der Waals surface area contributed by atoms with Crippen LogP contribution in [-0.2, 0) is 0 Å². The van der Waals surface area contributed by atoms with Crippen LogP contribution in [0.15, 0.2) is 0 Å². The van der Waals surface area contributed by atoms with Gasteiger partial charge >= 0.3 is 35.7 Å². The Hall–Kier alpha value is 0.970. The summed E-state index contributed by atoms with van der Waals surface area (Å²) in [6.45, 7) is 4.35. The third-order valence-corrected chi connectivity index (χ3v) is 2.87. The Kier molecular flexibility index (Phi) is 27.9. The molecule has 0 atom stereocenters. The Bertz CT molecular complexity index is 76.9. The second kappa shape index (κ2) is 17.2. The summed E-state index contributed by atoms with van der Waals surface area (Å²) in [5, 5.41) is 7.19. The van der Waals surface area contributed by atoms with Gasteiger partial charge in [-0.15, -0.1) is 0 Å². The van der Waals surface area contributed by atoms with Gasteiger partial charge in [-0.05, 0) is 0 Å². The zero-order valence-corrected chi connectivity index (χ0v) is 7.80. The number of primary amides is 1. The van der Waals surface area contributed by atoms with E-state index >= 15 is 0 Å². The molecule has 0 heterocycles. The summed E-state index contributed by atoms with van der Waals surface area (Å²) in [4.78, 5) is 8.78.